The highest BCUT2D eigenvalue weighted by Gasteiger charge is 2.20. The highest BCUT2D eigenvalue weighted by Crippen LogP contribution is 2.24. The molecule has 1 saturated heterocycles. The lowest BCUT2D eigenvalue weighted by Crippen LogP contribution is -2.34. The van der Waals surface area contributed by atoms with Gasteiger partial charge in [-0.25, -0.2) is 0 Å². The molecule has 1 aliphatic rings. The number of piperidine rings is 1. The molecule has 1 aromatic heterocycles. The quantitative estimate of drug-likeness (QED) is 0.811. The Labute approximate surface area is 93.2 Å². The van der Waals surface area contributed by atoms with Crippen LogP contribution >= 0.6 is 15.9 Å². The van der Waals surface area contributed by atoms with Crippen molar-refractivity contribution in [2.75, 3.05) is 19.6 Å². The van der Waals surface area contributed by atoms with Gasteiger partial charge >= 0.3 is 0 Å². The first-order chi connectivity index (χ1) is 6.81. The van der Waals surface area contributed by atoms with Crippen molar-refractivity contribution >= 4 is 15.9 Å². The second-order valence-electron chi connectivity index (χ2n) is 3.76. The molecule has 3 nitrogen and oxygen atoms in total. The summed E-state index contributed by atoms with van der Waals surface area (Å²) >= 11 is 3.52. The Kier molecular flexibility index (Phi) is 3.23. The standard InChI is InChI=1S/C10H16BrN3/c1-2-13-7-4-9(5-8-13)14-10(11)3-6-12-14/h3,6,9H,2,4-5,7-8H2,1H3. The maximum absolute atomic E-state index is 4.34. The average molecular weight is 258 g/mol. The summed E-state index contributed by atoms with van der Waals surface area (Å²) in [6.45, 7) is 5.80. The van der Waals surface area contributed by atoms with E-state index in [2.05, 4.69) is 37.5 Å². The number of aromatic nitrogens is 2. The number of hydrogen-bond donors (Lipinski definition) is 0. The molecule has 0 spiro atoms. The van der Waals surface area contributed by atoms with Crippen LogP contribution in [0, 0.1) is 0 Å². The van der Waals surface area contributed by atoms with Gasteiger partial charge in [0.05, 0.1) is 12.2 Å². The van der Waals surface area contributed by atoms with Crippen molar-refractivity contribution in [1.82, 2.24) is 14.7 Å². The van der Waals surface area contributed by atoms with Gasteiger partial charge in [0, 0.05) is 13.1 Å². The summed E-state index contributed by atoms with van der Waals surface area (Å²) in [5.41, 5.74) is 0. The Hall–Kier alpha value is -0.350. The van der Waals surface area contributed by atoms with Crippen LogP contribution in [0.5, 0.6) is 0 Å². The largest absolute Gasteiger partial charge is 0.303 e. The van der Waals surface area contributed by atoms with E-state index < -0.39 is 0 Å². The third-order valence-electron chi connectivity index (χ3n) is 2.97. The highest BCUT2D eigenvalue weighted by molar-refractivity contribution is 9.10. The van der Waals surface area contributed by atoms with Crippen LogP contribution in [0.15, 0.2) is 16.9 Å². The Morgan fingerprint density at radius 1 is 1.50 bits per heavy atom. The summed E-state index contributed by atoms with van der Waals surface area (Å²) in [5.74, 6) is 0. The predicted molar refractivity (Wildman–Crippen MR) is 60.3 cm³/mol. The molecule has 0 aliphatic carbocycles. The van der Waals surface area contributed by atoms with Crippen LogP contribution < -0.4 is 0 Å². The molecular weight excluding hydrogens is 242 g/mol. The zero-order chi connectivity index (χ0) is 9.97. The lowest BCUT2D eigenvalue weighted by Gasteiger charge is -2.31. The van der Waals surface area contributed by atoms with E-state index in [1.807, 2.05) is 12.3 Å². The van der Waals surface area contributed by atoms with Gasteiger partial charge in [-0.05, 0) is 41.4 Å². The smallest absolute Gasteiger partial charge is 0.104 e. The molecular formula is C10H16BrN3. The van der Waals surface area contributed by atoms with Gasteiger partial charge in [-0.3, -0.25) is 4.68 Å². The second kappa shape index (κ2) is 4.45. The normalized spacial score (nSPS) is 20.1. The molecule has 0 amide bonds. The summed E-state index contributed by atoms with van der Waals surface area (Å²) < 4.78 is 3.21. The molecule has 0 saturated carbocycles. The van der Waals surface area contributed by atoms with Crippen LogP contribution in [-0.2, 0) is 0 Å². The van der Waals surface area contributed by atoms with Gasteiger partial charge in [0.2, 0.25) is 0 Å². The first-order valence-corrected chi connectivity index (χ1v) is 6.02. The average Bonchev–Trinajstić information content (AvgIpc) is 2.65. The van der Waals surface area contributed by atoms with Crippen molar-refractivity contribution < 1.29 is 0 Å². The topological polar surface area (TPSA) is 21.1 Å². The molecule has 0 atom stereocenters. The Morgan fingerprint density at radius 2 is 2.21 bits per heavy atom. The maximum Gasteiger partial charge on any atom is 0.104 e. The van der Waals surface area contributed by atoms with Crippen molar-refractivity contribution in [2.24, 2.45) is 0 Å². The van der Waals surface area contributed by atoms with E-state index in [9.17, 15) is 0 Å². The SMILES string of the molecule is CCN1CCC(n2nccc2Br)CC1. The molecule has 1 aliphatic heterocycles. The third-order valence-corrected chi connectivity index (χ3v) is 3.60. The van der Waals surface area contributed by atoms with Crippen molar-refractivity contribution in [3.05, 3.63) is 16.9 Å². The number of halogens is 1. The Morgan fingerprint density at radius 3 is 2.71 bits per heavy atom. The van der Waals surface area contributed by atoms with E-state index in [0.29, 0.717) is 6.04 Å². The fourth-order valence-corrected chi connectivity index (χ4v) is 2.55. The van der Waals surface area contributed by atoms with Gasteiger partial charge in [-0.1, -0.05) is 6.92 Å². The molecule has 14 heavy (non-hydrogen) atoms. The molecule has 1 fully saturated rings. The molecule has 0 radical (unpaired) electrons. The fraction of sp³-hybridized carbons (Fsp3) is 0.700. The van der Waals surface area contributed by atoms with Gasteiger partial charge in [0.1, 0.15) is 4.60 Å². The van der Waals surface area contributed by atoms with E-state index in [4.69, 9.17) is 0 Å². The van der Waals surface area contributed by atoms with Crippen LogP contribution in [0.3, 0.4) is 0 Å². The molecule has 0 aromatic carbocycles. The second-order valence-corrected chi connectivity index (χ2v) is 4.58. The zero-order valence-corrected chi connectivity index (χ0v) is 10.1. The number of rotatable bonds is 2. The molecule has 1 aromatic rings. The van der Waals surface area contributed by atoms with E-state index in [-0.39, 0.29) is 0 Å². The number of hydrogen-bond acceptors (Lipinski definition) is 2. The van der Waals surface area contributed by atoms with Crippen LogP contribution in [0.4, 0.5) is 0 Å². The third kappa shape index (κ3) is 2.01. The summed E-state index contributed by atoms with van der Waals surface area (Å²) in [6, 6.07) is 2.59. The maximum atomic E-state index is 4.34. The first-order valence-electron chi connectivity index (χ1n) is 5.22. The van der Waals surface area contributed by atoms with Gasteiger partial charge in [-0.2, -0.15) is 5.10 Å². The van der Waals surface area contributed by atoms with Crippen LogP contribution in [-0.4, -0.2) is 34.3 Å². The van der Waals surface area contributed by atoms with Gasteiger partial charge in [0.25, 0.3) is 0 Å². The van der Waals surface area contributed by atoms with E-state index in [1.165, 1.54) is 32.5 Å². The molecule has 0 unspecified atom stereocenters. The Balaban J connectivity index is 1.99. The molecule has 4 heteroatoms. The van der Waals surface area contributed by atoms with Crippen LogP contribution in [0.2, 0.25) is 0 Å². The fourth-order valence-electron chi connectivity index (χ4n) is 2.05. The minimum Gasteiger partial charge on any atom is -0.303 e. The van der Waals surface area contributed by atoms with E-state index in [0.717, 1.165) is 4.60 Å². The number of nitrogens with zero attached hydrogens (tertiary/aromatic N) is 3. The molecule has 0 bridgehead atoms. The summed E-state index contributed by atoms with van der Waals surface area (Å²) in [5, 5.41) is 4.34. The van der Waals surface area contributed by atoms with Crippen LogP contribution in [0.1, 0.15) is 25.8 Å². The van der Waals surface area contributed by atoms with Gasteiger partial charge in [-0.15, -0.1) is 0 Å². The first kappa shape index (κ1) is 10.2. The number of likely N-dealkylation sites (tertiary alicyclic amines) is 1. The van der Waals surface area contributed by atoms with Crippen molar-refractivity contribution in [1.29, 1.82) is 0 Å². The van der Waals surface area contributed by atoms with Gasteiger partial charge < -0.3 is 4.90 Å². The summed E-state index contributed by atoms with van der Waals surface area (Å²) in [6.07, 6.45) is 4.29. The molecule has 2 rings (SSSR count). The Bertz CT molecular complexity index is 289. The predicted octanol–water partition coefficient (Wildman–Crippen LogP) is 2.30. The summed E-state index contributed by atoms with van der Waals surface area (Å²) in [7, 11) is 0. The minimum atomic E-state index is 0.585. The van der Waals surface area contributed by atoms with E-state index >= 15 is 0 Å². The van der Waals surface area contributed by atoms with Crippen molar-refractivity contribution in [3.8, 4) is 0 Å². The lowest BCUT2D eigenvalue weighted by molar-refractivity contribution is 0.186. The monoisotopic (exact) mass is 257 g/mol. The van der Waals surface area contributed by atoms with Crippen LogP contribution in [0.25, 0.3) is 0 Å². The van der Waals surface area contributed by atoms with E-state index in [1.54, 1.807) is 0 Å². The van der Waals surface area contributed by atoms with Crippen molar-refractivity contribution in [2.45, 2.75) is 25.8 Å². The lowest BCUT2D eigenvalue weighted by atomic mass is 10.1. The highest BCUT2D eigenvalue weighted by atomic mass is 79.9. The molecule has 78 valence electrons. The van der Waals surface area contributed by atoms with Crippen molar-refractivity contribution in [3.63, 3.8) is 0 Å². The minimum absolute atomic E-state index is 0.585. The zero-order valence-electron chi connectivity index (χ0n) is 8.49. The molecule has 0 N–H and O–H groups in total. The molecule has 2 heterocycles. The van der Waals surface area contributed by atoms with Gasteiger partial charge in [0.15, 0.2) is 0 Å². The summed E-state index contributed by atoms with van der Waals surface area (Å²) in [4.78, 5) is 2.49.